The number of carbonyl (C=O) groups is 2. The molecule has 1 N–H and O–H groups in total. The zero-order valence-corrected chi connectivity index (χ0v) is 12.9. The minimum atomic E-state index is -0.532. The number of nitrogens with one attached hydrogen (secondary N) is 1. The van der Waals surface area contributed by atoms with Crippen molar-refractivity contribution in [1.82, 2.24) is 5.32 Å². The van der Waals surface area contributed by atoms with Crippen molar-refractivity contribution < 1.29 is 23.5 Å². The highest BCUT2D eigenvalue weighted by molar-refractivity contribution is 5.82. The Bertz CT molecular complexity index is 669. The second-order valence-corrected chi connectivity index (χ2v) is 5.59. The van der Waals surface area contributed by atoms with Crippen LogP contribution >= 0.6 is 0 Å². The summed E-state index contributed by atoms with van der Waals surface area (Å²) in [6, 6.07) is 9.21. The molecule has 0 radical (unpaired) electrons. The van der Waals surface area contributed by atoms with Crippen LogP contribution in [0.1, 0.15) is 31.6 Å². The number of ether oxygens (including phenoxy) is 2. The van der Waals surface area contributed by atoms with Crippen LogP contribution in [0.2, 0.25) is 0 Å². The predicted molar refractivity (Wildman–Crippen MR) is 82.7 cm³/mol. The van der Waals surface area contributed by atoms with Crippen molar-refractivity contribution in [3.8, 4) is 0 Å². The summed E-state index contributed by atoms with van der Waals surface area (Å²) in [5, 5.41) is 3.73. The van der Waals surface area contributed by atoms with Crippen molar-refractivity contribution in [3.63, 3.8) is 0 Å². The molecule has 0 spiro atoms. The third-order valence-corrected chi connectivity index (χ3v) is 3.79. The number of fused-ring (bicyclic) bond motifs is 1. The van der Waals surface area contributed by atoms with E-state index < -0.39 is 12.1 Å². The van der Waals surface area contributed by atoms with Crippen molar-refractivity contribution in [1.29, 1.82) is 0 Å². The van der Waals surface area contributed by atoms with E-state index in [4.69, 9.17) is 13.9 Å². The van der Waals surface area contributed by atoms with Gasteiger partial charge in [0.25, 0.3) is 5.91 Å². The molecule has 1 fully saturated rings. The van der Waals surface area contributed by atoms with Crippen LogP contribution in [0.5, 0.6) is 0 Å². The number of hydrogen-bond donors (Lipinski definition) is 1. The Morgan fingerprint density at radius 2 is 2.22 bits per heavy atom. The van der Waals surface area contributed by atoms with Crippen LogP contribution in [0.25, 0.3) is 11.0 Å². The standard InChI is InChI=1S/C17H19NO5/c1-11(15-9-12-5-2-3-6-13(12)23-15)18-16(19)10-22-17(20)14-7-4-8-21-14/h2-3,5-6,9,11,14H,4,7-8,10H2,1H3,(H,18,19)/t11-,14+/m0/s1. The number of carbonyl (C=O) groups excluding carboxylic acids is 2. The van der Waals surface area contributed by atoms with Crippen molar-refractivity contribution in [2.75, 3.05) is 13.2 Å². The van der Waals surface area contributed by atoms with Gasteiger partial charge in [0.05, 0.1) is 6.04 Å². The van der Waals surface area contributed by atoms with E-state index >= 15 is 0 Å². The summed E-state index contributed by atoms with van der Waals surface area (Å²) in [6.45, 7) is 2.07. The average molecular weight is 317 g/mol. The highest BCUT2D eigenvalue weighted by Crippen LogP contribution is 2.23. The molecule has 2 aromatic rings. The molecule has 0 aliphatic carbocycles. The van der Waals surface area contributed by atoms with Gasteiger partial charge in [0.1, 0.15) is 11.3 Å². The number of furan rings is 1. The van der Waals surface area contributed by atoms with Crippen LogP contribution in [-0.2, 0) is 19.1 Å². The fraction of sp³-hybridized carbons (Fsp3) is 0.412. The molecule has 0 saturated carbocycles. The zero-order valence-electron chi connectivity index (χ0n) is 12.9. The fourth-order valence-corrected chi connectivity index (χ4v) is 2.56. The van der Waals surface area contributed by atoms with Crippen LogP contribution in [0.3, 0.4) is 0 Å². The minimum absolute atomic E-state index is 0.309. The topological polar surface area (TPSA) is 77.8 Å². The molecule has 2 atom stereocenters. The quantitative estimate of drug-likeness (QED) is 0.856. The first-order valence-corrected chi connectivity index (χ1v) is 7.69. The number of para-hydroxylation sites is 1. The van der Waals surface area contributed by atoms with Gasteiger partial charge in [-0.2, -0.15) is 0 Å². The maximum Gasteiger partial charge on any atom is 0.335 e. The SMILES string of the molecule is C[C@H](NC(=O)COC(=O)[C@H]1CCCO1)c1cc2ccccc2o1. The number of hydrogen-bond acceptors (Lipinski definition) is 5. The van der Waals surface area contributed by atoms with Gasteiger partial charge in [0, 0.05) is 12.0 Å². The van der Waals surface area contributed by atoms with Gasteiger partial charge in [0.2, 0.25) is 0 Å². The van der Waals surface area contributed by atoms with E-state index in [2.05, 4.69) is 5.32 Å². The molecule has 0 unspecified atom stereocenters. The lowest BCUT2D eigenvalue weighted by Crippen LogP contribution is -2.33. The van der Waals surface area contributed by atoms with Crippen LogP contribution in [0.15, 0.2) is 34.7 Å². The Hall–Kier alpha value is -2.34. The monoisotopic (exact) mass is 317 g/mol. The third-order valence-electron chi connectivity index (χ3n) is 3.79. The number of rotatable bonds is 5. The number of benzene rings is 1. The van der Waals surface area contributed by atoms with Crippen LogP contribution < -0.4 is 5.32 Å². The lowest BCUT2D eigenvalue weighted by molar-refractivity contribution is -0.157. The molecule has 1 amide bonds. The molecular weight excluding hydrogens is 298 g/mol. The van der Waals surface area contributed by atoms with E-state index in [0.29, 0.717) is 18.8 Å². The summed E-state index contributed by atoms with van der Waals surface area (Å²) in [4.78, 5) is 23.6. The van der Waals surface area contributed by atoms with Crippen molar-refractivity contribution in [2.24, 2.45) is 0 Å². The van der Waals surface area contributed by atoms with Crippen molar-refractivity contribution in [2.45, 2.75) is 31.9 Å². The molecule has 0 bridgehead atoms. The summed E-state index contributed by atoms with van der Waals surface area (Å²) in [5.41, 5.74) is 0.772. The van der Waals surface area contributed by atoms with Crippen molar-refractivity contribution >= 4 is 22.8 Å². The van der Waals surface area contributed by atoms with Gasteiger partial charge in [-0.25, -0.2) is 4.79 Å². The van der Waals surface area contributed by atoms with Gasteiger partial charge in [0.15, 0.2) is 12.7 Å². The van der Waals surface area contributed by atoms with E-state index in [-0.39, 0.29) is 18.6 Å². The second-order valence-electron chi connectivity index (χ2n) is 5.59. The molecule has 1 saturated heterocycles. The maximum atomic E-state index is 11.9. The molecule has 2 heterocycles. The smallest absolute Gasteiger partial charge is 0.335 e. The van der Waals surface area contributed by atoms with E-state index in [1.165, 1.54) is 0 Å². The molecule has 1 aliphatic heterocycles. The highest BCUT2D eigenvalue weighted by Gasteiger charge is 2.25. The average Bonchev–Trinajstić information content (AvgIpc) is 3.21. The Morgan fingerprint density at radius 1 is 1.39 bits per heavy atom. The van der Waals surface area contributed by atoms with E-state index in [9.17, 15) is 9.59 Å². The first kappa shape index (κ1) is 15.6. The second kappa shape index (κ2) is 6.83. The van der Waals surface area contributed by atoms with Gasteiger partial charge in [-0.15, -0.1) is 0 Å². The zero-order chi connectivity index (χ0) is 16.2. The normalized spacial score (nSPS) is 18.7. The van der Waals surface area contributed by atoms with E-state index in [0.717, 1.165) is 17.4 Å². The number of esters is 1. The highest BCUT2D eigenvalue weighted by atomic mass is 16.6. The maximum absolute atomic E-state index is 11.9. The summed E-state index contributed by atoms with van der Waals surface area (Å²) in [6.07, 6.45) is 0.959. The molecule has 6 nitrogen and oxygen atoms in total. The lowest BCUT2D eigenvalue weighted by Gasteiger charge is -2.13. The molecule has 122 valence electrons. The first-order valence-electron chi connectivity index (χ1n) is 7.69. The predicted octanol–water partition coefficient (Wildman–Crippen LogP) is 2.33. The lowest BCUT2D eigenvalue weighted by atomic mass is 10.2. The fourth-order valence-electron chi connectivity index (χ4n) is 2.56. The largest absolute Gasteiger partial charge is 0.459 e. The Morgan fingerprint density at radius 3 is 2.96 bits per heavy atom. The van der Waals surface area contributed by atoms with Gasteiger partial charge >= 0.3 is 5.97 Å². The van der Waals surface area contributed by atoms with Crippen molar-refractivity contribution in [3.05, 3.63) is 36.1 Å². The number of amides is 1. The minimum Gasteiger partial charge on any atom is -0.459 e. The van der Waals surface area contributed by atoms with Crippen LogP contribution in [0, 0.1) is 0 Å². The summed E-state index contributed by atoms with van der Waals surface area (Å²) in [7, 11) is 0. The Labute approximate surface area is 133 Å². The molecule has 6 heteroatoms. The Kier molecular flexibility index (Phi) is 4.62. The molecular formula is C17H19NO5. The molecule has 1 aromatic carbocycles. The summed E-state index contributed by atoms with van der Waals surface area (Å²) < 4.78 is 15.9. The van der Waals surface area contributed by atoms with Gasteiger partial charge < -0.3 is 19.2 Å². The molecule has 1 aliphatic rings. The molecule has 3 rings (SSSR count). The van der Waals surface area contributed by atoms with Crippen LogP contribution in [0.4, 0.5) is 0 Å². The van der Waals surface area contributed by atoms with E-state index in [1.54, 1.807) is 0 Å². The molecule has 23 heavy (non-hydrogen) atoms. The Balaban J connectivity index is 1.51. The van der Waals surface area contributed by atoms with E-state index in [1.807, 2.05) is 37.3 Å². The van der Waals surface area contributed by atoms with Crippen LogP contribution in [-0.4, -0.2) is 31.2 Å². The van der Waals surface area contributed by atoms with Gasteiger partial charge in [-0.1, -0.05) is 18.2 Å². The van der Waals surface area contributed by atoms with Gasteiger partial charge in [-0.05, 0) is 31.9 Å². The molecule has 1 aromatic heterocycles. The van der Waals surface area contributed by atoms with Gasteiger partial charge in [-0.3, -0.25) is 4.79 Å². The third kappa shape index (κ3) is 3.71. The first-order chi connectivity index (χ1) is 11.1. The summed E-state index contributed by atoms with van der Waals surface area (Å²) >= 11 is 0. The summed E-state index contributed by atoms with van der Waals surface area (Å²) in [5.74, 6) is -0.191.